The topological polar surface area (TPSA) is 106 Å². The van der Waals surface area contributed by atoms with Crippen LogP contribution in [-0.2, 0) is 9.59 Å². The first kappa shape index (κ1) is 16.8. The van der Waals surface area contributed by atoms with Gasteiger partial charge in [-0.25, -0.2) is 4.98 Å². The van der Waals surface area contributed by atoms with Crippen molar-refractivity contribution in [3.63, 3.8) is 0 Å². The third-order valence-corrected chi connectivity index (χ3v) is 3.80. The molecule has 0 bridgehead atoms. The minimum Gasteiger partial charge on any atom is -0.481 e. The van der Waals surface area contributed by atoms with E-state index >= 15 is 0 Å². The predicted octanol–water partition coefficient (Wildman–Crippen LogP) is 1.88. The van der Waals surface area contributed by atoms with Gasteiger partial charge in [0.25, 0.3) is 5.91 Å². The first-order valence-corrected chi connectivity index (χ1v) is 7.39. The van der Waals surface area contributed by atoms with Gasteiger partial charge in [-0.15, -0.1) is 0 Å². The van der Waals surface area contributed by atoms with E-state index in [-0.39, 0.29) is 5.57 Å². The van der Waals surface area contributed by atoms with Crippen LogP contribution in [-0.4, -0.2) is 40.0 Å². The molecule has 1 aromatic heterocycles. The number of nitrogens with zero attached hydrogens (tertiary/aromatic N) is 3. The standard InChI is InChI=1S/C15H15ClN4O3/c16-12-1-2-13(19-9-12)18-8-11(7-17)14(21)20-5-3-10(4-6-20)15(22)23/h1-2,8-10H,3-6H2,(H,18,19)(H,22,23)/b11-8-. The molecule has 2 rings (SSSR count). The average Bonchev–Trinajstić information content (AvgIpc) is 2.57. The monoisotopic (exact) mass is 334 g/mol. The molecule has 0 radical (unpaired) electrons. The number of aliphatic carboxylic acids is 1. The summed E-state index contributed by atoms with van der Waals surface area (Å²) in [5, 5.41) is 21.4. The summed E-state index contributed by atoms with van der Waals surface area (Å²) in [5.41, 5.74) is -0.0597. The van der Waals surface area contributed by atoms with E-state index in [2.05, 4.69) is 10.3 Å². The lowest BCUT2D eigenvalue weighted by Crippen LogP contribution is -2.40. The largest absolute Gasteiger partial charge is 0.481 e. The van der Waals surface area contributed by atoms with Gasteiger partial charge in [0.15, 0.2) is 0 Å². The van der Waals surface area contributed by atoms with Gasteiger partial charge in [0, 0.05) is 25.5 Å². The number of nitriles is 1. The van der Waals surface area contributed by atoms with Gasteiger partial charge in [0.05, 0.1) is 10.9 Å². The summed E-state index contributed by atoms with van der Waals surface area (Å²) < 4.78 is 0. The quantitative estimate of drug-likeness (QED) is 0.643. The lowest BCUT2D eigenvalue weighted by molar-refractivity contribution is -0.145. The zero-order chi connectivity index (χ0) is 16.8. The van der Waals surface area contributed by atoms with Crippen molar-refractivity contribution in [1.82, 2.24) is 9.88 Å². The van der Waals surface area contributed by atoms with Crippen molar-refractivity contribution in [3.8, 4) is 6.07 Å². The van der Waals surface area contributed by atoms with Crippen LogP contribution in [0.5, 0.6) is 0 Å². The fourth-order valence-corrected chi connectivity index (χ4v) is 2.36. The number of carbonyl (C=O) groups is 2. The normalized spacial score (nSPS) is 15.8. The number of likely N-dealkylation sites (tertiary alicyclic amines) is 1. The van der Waals surface area contributed by atoms with Crippen LogP contribution >= 0.6 is 11.6 Å². The van der Waals surface area contributed by atoms with E-state index < -0.39 is 17.8 Å². The molecule has 0 aromatic carbocycles. The van der Waals surface area contributed by atoms with Gasteiger partial charge in [0.2, 0.25) is 0 Å². The second-order valence-electron chi connectivity index (χ2n) is 5.08. The smallest absolute Gasteiger partial charge is 0.306 e. The number of rotatable bonds is 4. The number of aromatic nitrogens is 1. The van der Waals surface area contributed by atoms with E-state index in [4.69, 9.17) is 22.0 Å². The van der Waals surface area contributed by atoms with Gasteiger partial charge in [0.1, 0.15) is 17.5 Å². The van der Waals surface area contributed by atoms with Crippen molar-refractivity contribution in [2.45, 2.75) is 12.8 Å². The van der Waals surface area contributed by atoms with Gasteiger partial charge >= 0.3 is 5.97 Å². The van der Waals surface area contributed by atoms with Crippen LogP contribution in [0.4, 0.5) is 5.82 Å². The second kappa shape index (κ2) is 7.61. The molecule has 0 saturated carbocycles. The number of carboxylic acids is 1. The fourth-order valence-electron chi connectivity index (χ4n) is 2.25. The molecule has 1 aliphatic rings. The Labute approximate surface area is 138 Å². The Morgan fingerprint density at radius 1 is 1.43 bits per heavy atom. The summed E-state index contributed by atoms with van der Waals surface area (Å²) in [6.45, 7) is 0.655. The molecule has 1 aromatic rings. The van der Waals surface area contributed by atoms with Crippen molar-refractivity contribution in [3.05, 3.63) is 35.1 Å². The first-order chi connectivity index (χ1) is 11.0. The first-order valence-electron chi connectivity index (χ1n) is 7.01. The maximum Gasteiger partial charge on any atom is 0.306 e. The number of pyridine rings is 1. The number of amides is 1. The number of anilines is 1. The minimum absolute atomic E-state index is 0.0597. The highest BCUT2D eigenvalue weighted by atomic mass is 35.5. The maximum atomic E-state index is 12.3. The minimum atomic E-state index is -0.844. The van der Waals surface area contributed by atoms with Crippen molar-refractivity contribution in [2.24, 2.45) is 5.92 Å². The number of carboxylic acid groups (broad SMARTS) is 1. The molecular weight excluding hydrogens is 320 g/mol. The highest BCUT2D eigenvalue weighted by molar-refractivity contribution is 6.30. The number of hydrogen-bond acceptors (Lipinski definition) is 5. The Kier molecular flexibility index (Phi) is 5.55. The zero-order valence-corrected chi connectivity index (χ0v) is 13.0. The highest BCUT2D eigenvalue weighted by Gasteiger charge is 2.28. The number of carbonyl (C=O) groups excluding carboxylic acids is 1. The van der Waals surface area contributed by atoms with E-state index in [0.717, 1.165) is 0 Å². The van der Waals surface area contributed by atoms with E-state index in [9.17, 15) is 9.59 Å². The summed E-state index contributed by atoms with van der Waals surface area (Å²) >= 11 is 5.73. The maximum absolute atomic E-state index is 12.3. The summed E-state index contributed by atoms with van der Waals surface area (Å²) in [7, 11) is 0. The van der Waals surface area contributed by atoms with E-state index in [1.54, 1.807) is 12.1 Å². The molecular formula is C15H15ClN4O3. The van der Waals surface area contributed by atoms with Crippen LogP contribution in [0.3, 0.4) is 0 Å². The SMILES string of the molecule is N#C/C(=C/Nc1ccc(Cl)cn1)C(=O)N1CCC(C(=O)O)CC1. The van der Waals surface area contributed by atoms with E-state index in [1.165, 1.54) is 17.3 Å². The molecule has 2 heterocycles. The predicted molar refractivity (Wildman–Crippen MR) is 83.5 cm³/mol. The second-order valence-corrected chi connectivity index (χ2v) is 5.52. The molecule has 0 spiro atoms. The lowest BCUT2D eigenvalue weighted by Gasteiger charge is -2.29. The Morgan fingerprint density at radius 3 is 2.65 bits per heavy atom. The van der Waals surface area contributed by atoms with Gasteiger partial charge in [-0.3, -0.25) is 9.59 Å². The Bertz CT molecular complexity index is 658. The summed E-state index contributed by atoms with van der Waals surface area (Å²) in [4.78, 5) is 28.7. The molecule has 0 atom stereocenters. The summed E-state index contributed by atoms with van der Waals surface area (Å²) in [5.74, 6) is -1.23. The summed E-state index contributed by atoms with van der Waals surface area (Å²) in [6.07, 6.45) is 3.53. The molecule has 1 amide bonds. The van der Waals surface area contributed by atoms with Crippen LogP contribution in [0.2, 0.25) is 5.02 Å². The molecule has 0 unspecified atom stereocenters. The molecule has 23 heavy (non-hydrogen) atoms. The van der Waals surface area contributed by atoms with Crippen molar-refractivity contribution < 1.29 is 14.7 Å². The number of hydrogen-bond donors (Lipinski definition) is 2. The van der Waals surface area contributed by atoms with E-state index in [1.807, 2.05) is 6.07 Å². The van der Waals surface area contributed by atoms with Gasteiger partial charge in [-0.1, -0.05) is 11.6 Å². The van der Waals surface area contributed by atoms with Gasteiger partial charge < -0.3 is 15.3 Å². The van der Waals surface area contributed by atoms with E-state index in [0.29, 0.717) is 36.8 Å². The molecule has 8 heteroatoms. The molecule has 1 fully saturated rings. The zero-order valence-electron chi connectivity index (χ0n) is 12.2. The number of piperidine rings is 1. The Morgan fingerprint density at radius 2 is 2.13 bits per heavy atom. The third kappa shape index (κ3) is 4.44. The number of halogens is 1. The van der Waals surface area contributed by atoms with Gasteiger partial charge in [-0.2, -0.15) is 5.26 Å². The van der Waals surface area contributed by atoms with Crippen molar-refractivity contribution in [2.75, 3.05) is 18.4 Å². The molecule has 0 aliphatic carbocycles. The van der Waals surface area contributed by atoms with Crippen molar-refractivity contribution >= 4 is 29.3 Å². The molecule has 2 N–H and O–H groups in total. The number of nitrogens with one attached hydrogen (secondary N) is 1. The molecule has 1 saturated heterocycles. The Balaban J connectivity index is 1.99. The molecule has 120 valence electrons. The molecule has 7 nitrogen and oxygen atoms in total. The van der Waals surface area contributed by atoms with Gasteiger partial charge in [-0.05, 0) is 25.0 Å². The highest BCUT2D eigenvalue weighted by Crippen LogP contribution is 2.19. The summed E-state index contributed by atoms with van der Waals surface area (Å²) in [6, 6.07) is 5.11. The third-order valence-electron chi connectivity index (χ3n) is 3.57. The lowest BCUT2D eigenvalue weighted by atomic mass is 9.97. The van der Waals surface area contributed by atoms with Crippen LogP contribution < -0.4 is 5.32 Å². The Hall–Kier alpha value is -2.59. The van der Waals surface area contributed by atoms with Crippen LogP contribution in [0, 0.1) is 17.2 Å². The molecule has 1 aliphatic heterocycles. The average molecular weight is 335 g/mol. The van der Waals surface area contributed by atoms with Crippen LogP contribution in [0.15, 0.2) is 30.1 Å². The van der Waals surface area contributed by atoms with Crippen LogP contribution in [0.1, 0.15) is 12.8 Å². The van der Waals surface area contributed by atoms with Crippen LogP contribution in [0.25, 0.3) is 0 Å². The van der Waals surface area contributed by atoms with Crippen molar-refractivity contribution in [1.29, 1.82) is 5.26 Å². The fraction of sp³-hybridized carbons (Fsp3) is 0.333.